The zero-order chi connectivity index (χ0) is 15.2. The van der Waals surface area contributed by atoms with Gasteiger partial charge in [0.05, 0.1) is 0 Å². The summed E-state index contributed by atoms with van der Waals surface area (Å²) in [4.78, 5) is 11.8. The van der Waals surface area contributed by atoms with Crippen molar-refractivity contribution in [1.82, 2.24) is 10.6 Å². The minimum absolute atomic E-state index is 0. The summed E-state index contributed by atoms with van der Waals surface area (Å²) in [6, 6.07) is 5.78. The van der Waals surface area contributed by atoms with E-state index in [2.05, 4.69) is 33.5 Å². The normalized spacial score (nSPS) is 10.7. The van der Waals surface area contributed by atoms with Crippen molar-refractivity contribution in [2.75, 3.05) is 13.2 Å². The molecular formula is C15H24BrClN2O2. The van der Waals surface area contributed by atoms with E-state index in [1.165, 1.54) is 0 Å². The second kappa shape index (κ2) is 9.28. The van der Waals surface area contributed by atoms with E-state index in [-0.39, 0.29) is 30.5 Å². The molecule has 6 heteroatoms. The van der Waals surface area contributed by atoms with Gasteiger partial charge in [-0.15, -0.1) is 12.4 Å². The summed E-state index contributed by atoms with van der Waals surface area (Å²) in [6.45, 7) is 9.51. The molecule has 0 bridgehead atoms. The van der Waals surface area contributed by atoms with Crippen LogP contribution in [0.15, 0.2) is 22.7 Å². The second-order valence-electron chi connectivity index (χ2n) is 5.62. The fraction of sp³-hybridized carbons (Fsp3) is 0.533. The van der Waals surface area contributed by atoms with Crippen LogP contribution in [0.5, 0.6) is 5.75 Å². The van der Waals surface area contributed by atoms with Crippen LogP contribution in [0.2, 0.25) is 0 Å². The number of halogens is 2. The Morgan fingerprint density at radius 2 is 2.00 bits per heavy atom. The molecule has 0 radical (unpaired) electrons. The van der Waals surface area contributed by atoms with E-state index in [1.54, 1.807) is 0 Å². The van der Waals surface area contributed by atoms with Gasteiger partial charge in [-0.05, 0) is 45.5 Å². The van der Waals surface area contributed by atoms with Crippen molar-refractivity contribution in [1.29, 1.82) is 0 Å². The molecule has 0 fully saturated rings. The van der Waals surface area contributed by atoms with Crippen LogP contribution in [0.1, 0.15) is 33.3 Å². The summed E-state index contributed by atoms with van der Waals surface area (Å²) in [5.74, 6) is 0.619. The lowest BCUT2D eigenvalue weighted by molar-refractivity contribution is -0.124. The van der Waals surface area contributed by atoms with Crippen molar-refractivity contribution in [3.05, 3.63) is 28.2 Å². The Bertz CT molecular complexity index is 461. The molecule has 0 saturated carbocycles. The second-order valence-corrected chi connectivity index (χ2v) is 6.53. The molecule has 4 nitrogen and oxygen atoms in total. The maximum absolute atomic E-state index is 11.8. The molecule has 0 aromatic heterocycles. The lowest BCUT2D eigenvalue weighted by atomic mass is 10.1. The SMILES string of the molecule is CCNCc1cc(Br)ccc1OCC(=O)NC(C)(C)C.Cl. The highest BCUT2D eigenvalue weighted by Crippen LogP contribution is 2.23. The van der Waals surface area contributed by atoms with Crippen molar-refractivity contribution in [2.24, 2.45) is 0 Å². The first-order valence-electron chi connectivity index (χ1n) is 6.75. The molecule has 0 saturated heterocycles. The van der Waals surface area contributed by atoms with Crippen molar-refractivity contribution >= 4 is 34.2 Å². The molecule has 0 atom stereocenters. The number of carbonyl (C=O) groups is 1. The molecule has 0 aliphatic rings. The Hall–Kier alpha value is -0.780. The van der Waals surface area contributed by atoms with Crippen LogP contribution in [-0.2, 0) is 11.3 Å². The van der Waals surface area contributed by atoms with E-state index in [4.69, 9.17) is 4.74 Å². The van der Waals surface area contributed by atoms with Gasteiger partial charge in [-0.2, -0.15) is 0 Å². The smallest absolute Gasteiger partial charge is 0.258 e. The molecule has 1 rings (SSSR count). The molecule has 1 aromatic carbocycles. The zero-order valence-electron chi connectivity index (χ0n) is 13.0. The standard InChI is InChI=1S/C15H23BrN2O2.ClH/c1-5-17-9-11-8-12(16)6-7-13(11)20-10-14(19)18-15(2,3)4;/h6-8,17H,5,9-10H2,1-4H3,(H,18,19);1H. The Labute approximate surface area is 141 Å². The zero-order valence-corrected chi connectivity index (χ0v) is 15.4. The Morgan fingerprint density at radius 3 is 2.57 bits per heavy atom. The van der Waals surface area contributed by atoms with E-state index in [1.807, 2.05) is 39.0 Å². The summed E-state index contributed by atoms with van der Waals surface area (Å²) in [6.07, 6.45) is 0. The van der Waals surface area contributed by atoms with Crippen LogP contribution in [0, 0.1) is 0 Å². The molecule has 0 spiro atoms. The first kappa shape index (κ1) is 20.2. The van der Waals surface area contributed by atoms with Gasteiger partial charge in [-0.1, -0.05) is 22.9 Å². The van der Waals surface area contributed by atoms with E-state index >= 15 is 0 Å². The molecule has 0 aliphatic heterocycles. The van der Waals surface area contributed by atoms with Crippen molar-refractivity contribution in [2.45, 2.75) is 39.8 Å². The molecular weight excluding hydrogens is 356 g/mol. The van der Waals surface area contributed by atoms with E-state index < -0.39 is 0 Å². The summed E-state index contributed by atoms with van der Waals surface area (Å²) < 4.78 is 6.62. The number of amides is 1. The van der Waals surface area contributed by atoms with Crippen molar-refractivity contribution < 1.29 is 9.53 Å². The number of carbonyl (C=O) groups excluding carboxylic acids is 1. The van der Waals surface area contributed by atoms with Gasteiger partial charge in [0.25, 0.3) is 5.91 Å². The molecule has 1 aromatic rings. The number of benzene rings is 1. The fourth-order valence-electron chi connectivity index (χ4n) is 1.68. The van der Waals surface area contributed by atoms with Crippen LogP contribution in [0.4, 0.5) is 0 Å². The lowest BCUT2D eigenvalue weighted by Gasteiger charge is -2.21. The monoisotopic (exact) mass is 378 g/mol. The first-order valence-corrected chi connectivity index (χ1v) is 7.54. The average molecular weight is 380 g/mol. The van der Waals surface area contributed by atoms with Gasteiger partial charge in [0.2, 0.25) is 0 Å². The van der Waals surface area contributed by atoms with Crippen molar-refractivity contribution in [3.63, 3.8) is 0 Å². The quantitative estimate of drug-likeness (QED) is 0.797. The van der Waals surface area contributed by atoms with E-state index in [0.29, 0.717) is 6.54 Å². The highest BCUT2D eigenvalue weighted by Gasteiger charge is 2.14. The summed E-state index contributed by atoms with van der Waals surface area (Å²) in [7, 11) is 0. The number of nitrogens with one attached hydrogen (secondary N) is 2. The van der Waals surface area contributed by atoms with Crippen LogP contribution < -0.4 is 15.4 Å². The van der Waals surface area contributed by atoms with Gasteiger partial charge in [-0.3, -0.25) is 4.79 Å². The van der Waals surface area contributed by atoms with Crippen molar-refractivity contribution in [3.8, 4) is 5.75 Å². The number of hydrogen-bond acceptors (Lipinski definition) is 3. The van der Waals surface area contributed by atoms with Gasteiger partial charge in [0.1, 0.15) is 5.75 Å². The predicted octanol–water partition coefficient (Wildman–Crippen LogP) is 3.27. The minimum atomic E-state index is -0.243. The molecule has 120 valence electrons. The number of hydrogen-bond donors (Lipinski definition) is 2. The van der Waals surface area contributed by atoms with Gasteiger partial charge < -0.3 is 15.4 Å². The van der Waals surface area contributed by atoms with Crippen LogP contribution in [-0.4, -0.2) is 24.6 Å². The summed E-state index contributed by atoms with van der Waals surface area (Å²) in [5.41, 5.74) is 0.789. The third kappa shape index (κ3) is 8.29. The van der Waals surface area contributed by atoms with Crippen LogP contribution in [0.25, 0.3) is 0 Å². The summed E-state index contributed by atoms with van der Waals surface area (Å²) >= 11 is 3.45. The van der Waals surface area contributed by atoms with E-state index in [9.17, 15) is 4.79 Å². The Kier molecular flexibility index (Phi) is 8.94. The van der Waals surface area contributed by atoms with Gasteiger partial charge in [0.15, 0.2) is 6.61 Å². The average Bonchev–Trinajstić information content (AvgIpc) is 2.33. The number of ether oxygens (including phenoxy) is 1. The van der Waals surface area contributed by atoms with Gasteiger partial charge in [0, 0.05) is 22.1 Å². The lowest BCUT2D eigenvalue weighted by Crippen LogP contribution is -2.43. The highest BCUT2D eigenvalue weighted by molar-refractivity contribution is 9.10. The third-order valence-corrected chi connectivity index (χ3v) is 2.95. The summed E-state index contributed by atoms with van der Waals surface area (Å²) in [5, 5.41) is 6.13. The Balaban J connectivity index is 0.00000400. The molecule has 0 heterocycles. The first-order chi connectivity index (χ1) is 9.31. The topological polar surface area (TPSA) is 50.4 Å². The van der Waals surface area contributed by atoms with Gasteiger partial charge in [-0.25, -0.2) is 0 Å². The Morgan fingerprint density at radius 1 is 1.33 bits per heavy atom. The highest BCUT2D eigenvalue weighted by atomic mass is 79.9. The largest absolute Gasteiger partial charge is 0.483 e. The maximum atomic E-state index is 11.8. The van der Waals surface area contributed by atoms with E-state index in [0.717, 1.165) is 22.3 Å². The fourth-order valence-corrected chi connectivity index (χ4v) is 2.09. The van der Waals surface area contributed by atoms with Gasteiger partial charge >= 0.3 is 0 Å². The molecule has 0 unspecified atom stereocenters. The molecule has 21 heavy (non-hydrogen) atoms. The number of rotatable bonds is 6. The molecule has 0 aliphatic carbocycles. The molecule has 2 N–H and O–H groups in total. The molecule has 1 amide bonds. The van der Waals surface area contributed by atoms with Crippen LogP contribution in [0.3, 0.4) is 0 Å². The van der Waals surface area contributed by atoms with Crippen LogP contribution >= 0.6 is 28.3 Å². The third-order valence-electron chi connectivity index (χ3n) is 2.46. The minimum Gasteiger partial charge on any atom is -0.483 e. The maximum Gasteiger partial charge on any atom is 0.258 e. The predicted molar refractivity (Wildman–Crippen MR) is 92.2 cm³/mol.